The highest BCUT2D eigenvalue weighted by molar-refractivity contribution is 5.82. The topological polar surface area (TPSA) is 43.8 Å². The van der Waals surface area contributed by atoms with E-state index in [0.29, 0.717) is 5.92 Å². The smallest absolute Gasteiger partial charge is 0.242 e. The fourth-order valence-corrected chi connectivity index (χ4v) is 1.80. The summed E-state index contributed by atoms with van der Waals surface area (Å²) in [5.74, 6) is 0.692. The molecule has 0 radical (unpaired) electrons. The minimum absolute atomic E-state index is 0.0758. The average Bonchev–Trinajstić information content (AvgIpc) is 2.17. The van der Waals surface area contributed by atoms with Gasteiger partial charge < -0.3 is 10.0 Å². The molecular weight excluding hydrogens is 192 g/mol. The summed E-state index contributed by atoms with van der Waals surface area (Å²) >= 11 is 0. The van der Waals surface area contributed by atoms with Gasteiger partial charge in [-0.1, -0.05) is 13.8 Å². The van der Waals surface area contributed by atoms with E-state index in [-0.39, 0.29) is 18.6 Å². The Hall–Kier alpha value is -0.610. The number of aliphatic hydroxyl groups excluding tert-OH is 1. The third kappa shape index (κ3) is 3.18. The summed E-state index contributed by atoms with van der Waals surface area (Å²) in [6, 6.07) is -0.328. The maximum atomic E-state index is 11.9. The maximum absolute atomic E-state index is 11.9. The van der Waals surface area contributed by atoms with E-state index in [9.17, 15) is 4.79 Å². The van der Waals surface area contributed by atoms with E-state index in [1.54, 1.807) is 0 Å². The van der Waals surface area contributed by atoms with Gasteiger partial charge in [-0.25, -0.2) is 0 Å². The lowest BCUT2D eigenvalue weighted by atomic mass is 10.1. The highest BCUT2D eigenvalue weighted by Gasteiger charge is 2.31. The number of piperazine rings is 1. The van der Waals surface area contributed by atoms with Crippen LogP contribution in [0.1, 0.15) is 20.3 Å². The molecule has 0 saturated carbocycles. The summed E-state index contributed by atoms with van der Waals surface area (Å²) in [4.78, 5) is 15.7. The van der Waals surface area contributed by atoms with Gasteiger partial charge in [0.25, 0.3) is 0 Å². The number of hydrogen-bond acceptors (Lipinski definition) is 3. The molecule has 0 aromatic rings. The Labute approximate surface area is 91.9 Å². The molecule has 15 heavy (non-hydrogen) atoms. The van der Waals surface area contributed by atoms with Crippen LogP contribution in [0, 0.1) is 5.92 Å². The monoisotopic (exact) mass is 214 g/mol. The van der Waals surface area contributed by atoms with Crippen molar-refractivity contribution in [2.24, 2.45) is 5.92 Å². The second-order valence-electron chi connectivity index (χ2n) is 4.69. The molecule has 0 bridgehead atoms. The van der Waals surface area contributed by atoms with Gasteiger partial charge in [-0.3, -0.25) is 9.69 Å². The summed E-state index contributed by atoms with van der Waals surface area (Å²) in [5, 5.41) is 9.14. The van der Waals surface area contributed by atoms with Crippen LogP contribution in [-0.2, 0) is 4.79 Å². The Morgan fingerprint density at radius 3 is 2.67 bits per heavy atom. The number of likely N-dealkylation sites (N-methyl/N-ethyl adjacent to an activating group) is 1. The van der Waals surface area contributed by atoms with Gasteiger partial charge in [-0.2, -0.15) is 0 Å². The molecule has 1 saturated heterocycles. The van der Waals surface area contributed by atoms with Crippen molar-refractivity contribution >= 4 is 5.91 Å². The Kier molecular flexibility index (Phi) is 4.54. The highest BCUT2D eigenvalue weighted by atomic mass is 16.3. The molecule has 0 spiro atoms. The fraction of sp³-hybridized carbons (Fsp3) is 0.909. The number of rotatable bonds is 4. The number of carbonyl (C=O) groups is 1. The van der Waals surface area contributed by atoms with Crippen molar-refractivity contribution in [3.63, 3.8) is 0 Å². The summed E-state index contributed by atoms with van der Waals surface area (Å²) in [6.07, 6.45) is 1.04. The average molecular weight is 214 g/mol. The Morgan fingerprint density at radius 1 is 1.47 bits per heavy atom. The number of amides is 1. The summed E-state index contributed by atoms with van der Waals surface area (Å²) in [5.41, 5.74) is 0. The van der Waals surface area contributed by atoms with Crippen LogP contribution in [0.5, 0.6) is 0 Å². The van der Waals surface area contributed by atoms with Crippen molar-refractivity contribution in [2.75, 3.05) is 33.3 Å². The lowest BCUT2D eigenvalue weighted by molar-refractivity contribution is -0.142. The molecule has 88 valence electrons. The van der Waals surface area contributed by atoms with Gasteiger partial charge >= 0.3 is 0 Å². The summed E-state index contributed by atoms with van der Waals surface area (Å²) in [6.45, 7) is 6.70. The number of carbonyl (C=O) groups excluding carboxylic acids is 1. The first-order valence-corrected chi connectivity index (χ1v) is 5.66. The maximum Gasteiger partial charge on any atom is 0.242 e. The van der Waals surface area contributed by atoms with E-state index < -0.39 is 0 Å². The molecule has 1 unspecified atom stereocenters. The first-order chi connectivity index (χ1) is 7.06. The van der Waals surface area contributed by atoms with Gasteiger partial charge in [0.05, 0.1) is 6.61 Å². The molecule has 0 aromatic carbocycles. The molecule has 0 aliphatic carbocycles. The van der Waals surface area contributed by atoms with Crippen molar-refractivity contribution in [2.45, 2.75) is 26.3 Å². The number of hydrogen-bond donors (Lipinski definition) is 1. The van der Waals surface area contributed by atoms with E-state index >= 15 is 0 Å². The van der Waals surface area contributed by atoms with Crippen LogP contribution in [0.25, 0.3) is 0 Å². The van der Waals surface area contributed by atoms with Crippen LogP contribution < -0.4 is 0 Å². The van der Waals surface area contributed by atoms with Gasteiger partial charge in [0, 0.05) is 19.6 Å². The van der Waals surface area contributed by atoms with Gasteiger partial charge in [0.1, 0.15) is 6.04 Å². The quantitative estimate of drug-likeness (QED) is 0.725. The molecule has 1 amide bonds. The first kappa shape index (κ1) is 12.5. The van der Waals surface area contributed by atoms with E-state index in [0.717, 1.165) is 26.1 Å². The molecule has 4 nitrogen and oxygen atoms in total. The van der Waals surface area contributed by atoms with Crippen LogP contribution in [-0.4, -0.2) is 60.1 Å². The zero-order valence-electron chi connectivity index (χ0n) is 9.94. The molecule has 1 aliphatic heterocycles. The van der Waals surface area contributed by atoms with Gasteiger partial charge in [-0.05, 0) is 19.4 Å². The predicted molar refractivity (Wildman–Crippen MR) is 59.5 cm³/mol. The Balaban J connectivity index is 2.49. The predicted octanol–water partition coefficient (Wildman–Crippen LogP) is 0.167. The molecule has 1 aliphatic rings. The standard InChI is InChI=1S/C11H22N2O2/c1-9(2)4-5-13-7-6-12(3)10(8-14)11(13)15/h9-10,14H,4-8H2,1-3H3. The number of nitrogens with zero attached hydrogens (tertiary/aromatic N) is 2. The van der Waals surface area contributed by atoms with Gasteiger partial charge in [-0.15, -0.1) is 0 Å². The van der Waals surface area contributed by atoms with Crippen LogP contribution in [0.4, 0.5) is 0 Å². The van der Waals surface area contributed by atoms with Crippen LogP contribution in [0.2, 0.25) is 0 Å². The van der Waals surface area contributed by atoms with Crippen LogP contribution in [0.15, 0.2) is 0 Å². The molecule has 1 N–H and O–H groups in total. The molecule has 0 aromatic heterocycles. The second kappa shape index (κ2) is 5.47. The normalized spacial score (nSPS) is 23.9. The minimum Gasteiger partial charge on any atom is -0.394 e. The summed E-state index contributed by atoms with van der Waals surface area (Å²) < 4.78 is 0. The van der Waals surface area contributed by atoms with Gasteiger partial charge in [0.2, 0.25) is 5.91 Å². The first-order valence-electron chi connectivity index (χ1n) is 5.66. The zero-order chi connectivity index (χ0) is 11.4. The van der Waals surface area contributed by atoms with Crippen molar-refractivity contribution in [1.82, 2.24) is 9.80 Å². The molecule has 1 heterocycles. The molecule has 1 fully saturated rings. The van der Waals surface area contributed by atoms with Crippen LogP contribution >= 0.6 is 0 Å². The Morgan fingerprint density at radius 2 is 2.13 bits per heavy atom. The lowest BCUT2D eigenvalue weighted by Crippen LogP contribution is -2.57. The van der Waals surface area contributed by atoms with E-state index in [4.69, 9.17) is 5.11 Å². The molecule has 1 atom stereocenters. The number of aliphatic hydroxyl groups is 1. The lowest BCUT2D eigenvalue weighted by Gasteiger charge is -2.38. The third-order valence-electron chi connectivity index (χ3n) is 3.00. The molecule has 4 heteroatoms. The van der Waals surface area contributed by atoms with Crippen molar-refractivity contribution in [3.8, 4) is 0 Å². The minimum atomic E-state index is -0.328. The summed E-state index contributed by atoms with van der Waals surface area (Å²) in [7, 11) is 1.89. The Bertz CT molecular complexity index is 219. The van der Waals surface area contributed by atoms with Crippen molar-refractivity contribution < 1.29 is 9.90 Å². The fourth-order valence-electron chi connectivity index (χ4n) is 1.80. The van der Waals surface area contributed by atoms with E-state index in [1.807, 2.05) is 16.8 Å². The SMILES string of the molecule is CC(C)CCN1CCN(C)C(CO)C1=O. The molecule has 1 rings (SSSR count). The van der Waals surface area contributed by atoms with Crippen molar-refractivity contribution in [1.29, 1.82) is 0 Å². The van der Waals surface area contributed by atoms with E-state index in [2.05, 4.69) is 13.8 Å². The van der Waals surface area contributed by atoms with Crippen LogP contribution in [0.3, 0.4) is 0 Å². The molecular formula is C11H22N2O2. The van der Waals surface area contributed by atoms with Crippen molar-refractivity contribution in [3.05, 3.63) is 0 Å². The largest absolute Gasteiger partial charge is 0.394 e. The zero-order valence-corrected chi connectivity index (χ0v) is 9.94. The third-order valence-corrected chi connectivity index (χ3v) is 3.00. The van der Waals surface area contributed by atoms with Gasteiger partial charge in [0.15, 0.2) is 0 Å². The van der Waals surface area contributed by atoms with E-state index in [1.165, 1.54) is 0 Å². The second-order valence-corrected chi connectivity index (χ2v) is 4.69. The highest BCUT2D eigenvalue weighted by Crippen LogP contribution is 2.11.